The highest BCUT2D eigenvalue weighted by molar-refractivity contribution is 9.10. The van der Waals surface area contributed by atoms with Gasteiger partial charge in [0.2, 0.25) is 5.78 Å². The number of rotatable bonds is 3. The molecule has 29 heavy (non-hydrogen) atoms. The predicted molar refractivity (Wildman–Crippen MR) is 114 cm³/mol. The highest BCUT2D eigenvalue weighted by Gasteiger charge is 2.30. The number of carbonyl (C=O) groups excluding carboxylic acids is 2. The fraction of sp³-hybridized carbons (Fsp3) is 0.0833. The molecule has 0 bridgehead atoms. The van der Waals surface area contributed by atoms with Crippen molar-refractivity contribution in [3.63, 3.8) is 0 Å². The molecular formula is C24H17BrO4. The van der Waals surface area contributed by atoms with E-state index in [2.05, 4.69) is 15.9 Å². The van der Waals surface area contributed by atoms with E-state index >= 15 is 0 Å². The lowest BCUT2D eigenvalue weighted by atomic mass is 10.0. The second kappa shape index (κ2) is 7.68. The van der Waals surface area contributed by atoms with Crippen LogP contribution in [0.3, 0.4) is 0 Å². The molecule has 0 unspecified atom stereocenters. The Morgan fingerprint density at radius 1 is 1.03 bits per heavy atom. The summed E-state index contributed by atoms with van der Waals surface area (Å²) in [5.41, 5.74) is 3.47. The van der Waals surface area contributed by atoms with Crippen LogP contribution in [0.2, 0.25) is 0 Å². The van der Waals surface area contributed by atoms with Crippen molar-refractivity contribution in [2.24, 2.45) is 0 Å². The van der Waals surface area contributed by atoms with E-state index in [1.54, 1.807) is 43.3 Å². The molecule has 0 spiro atoms. The molecule has 0 saturated carbocycles. The molecule has 0 atom stereocenters. The van der Waals surface area contributed by atoms with Crippen LogP contribution < -0.4 is 9.47 Å². The van der Waals surface area contributed by atoms with Crippen LogP contribution in [0.1, 0.15) is 37.4 Å². The maximum atomic E-state index is 12.8. The van der Waals surface area contributed by atoms with Gasteiger partial charge in [-0.15, -0.1) is 0 Å². The monoisotopic (exact) mass is 448 g/mol. The zero-order valence-electron chi connectivity index (χ0n) is 15.9. The van der Waals surface area contributed by atoms with Gasteiger partial charge >= 0.3 is 5.97 Å². The van der Waals surface area contributed by atoms with E-state index in [0.29, 0.717) is 28.2 Å². The van der Waals surface area contributed by atoms with Gasteiger partial charge in [0.05, 0.1) is 11.1 Å². The number of allylic oxidation sites excluding steroid dienone is 1. The van der Waals surface area contributed by atoms with Crippen molar-refractivity contribution in [1.29, 1.82) is 0 Å². The van der Waals surface area contributed by atoms with Gasteiger partial charge in [0, 0.05) is 10.5 Å². The summed E-state index contributed by atoms with van der Waals surface area (Å²) in [7, 11) is 0. The number of benzene rings is 3. The minimum absolute atomic E-state index is 0.186. The first-order chi connectivity index (χ1) is 13.9. The van der Waals surface area contributed by atoms with Crippen molar-refractivity contribution in [3.8, 4) is 11.5 Å². The van der Waals surface area contributed by atoms with E-state index < -0.39 is 5.97 Å². The van der Waals surface area contributed by atoms with E-state index in [1.807, 2.05) is 37.3 Å². The first kappa shape index (κ1) is 19.2. The van der Waals surface area contributed by atoms with Crippen LogP contribution in [-0.4, -0.2) is 11.8 Å². The molecule has 0 fully saturated rings. The summed E-state index contributed by atoms with van der Waals surface area (Å²) in [6, 6.07) is 18.0. The third-order valence-corrected chi connectivity index (χ3v) is 5.05. The molecule has 3 aromatic rings. The van der Waals surface area contributed by atoms with Gasteiger partial charge in [-0.3, -0.25) is 4.79 Å². The number of halogens is 1. The average Bonchev–Trinajstić information content (AvgIpc) is 2.97. The van der Waals surface area contributed by atoms with Crippen molar-refractivity contribution in [2.45, 2.75) is 13.8 Å². The van der Waals surface area contributed by atoms with Gasteiger partial charge in [0.25, 0.3) is 0 Å². The fourth-order valence-electron chi connectivity index (χ4n) is 3.22. The van der Waals surface area contributed by atoms with E-state index in [-0.39, 0.29) is 11.5 Å². The highest BCUT2D eigenvalue weighted by atomic mass is 79.9. The number of ether oxygens (including phenoxy) is 2. The lowest BCUT2D eigenvalue weighted by molar-refractivity contribution is 0.0734. The van der Waals surface area contributed by atoms with Gasteiger partial charge < -0.3 is 9.47 Å². The van der Waals surface area contributed by atoms with Crippen molar-refractivity contribution in [2.75, 3.05) is 0 Å². The van der Waals surface area contributed by atoms with Crippen LogP contribution in [0.4, 0.5) is 0 Å². The maximum absolute atomic E-state index is 12.8. The van der Waals surface area contributed by atoms with E-state index in [9.17, 15) is 9.59 Å². The Bertz CT molecular complexity index is 1180. The SMILES string of the molecule is Cc1cccc(C(=O)Oc2cc(C)c3c(c2)O/C(=C\c2cccc(Br)c2)C3=O)c1. The normalized spacial score (nSPS) is 13.9. The molecule has 0 saturated heterocycles. The molecule has 0 aliphatic carbocycles. The molecule has 5 heteroatoms. The quantitative estimate of drug-likeness (QED) is 0.284. The average molecular weight is 449 g/mol. The second-order valence-electron chi connectivity index (χ2n) is 6.87. The standard InChI is InChI=1S/C24H17BrO4/c1-14-5-3-7-17(9-14)24(27)28-19-10-15(2)22-20(13-19)29-21(23(22)26)12-16-6-4-8-18(25)11-16/h3-13H,1-2H3/b21-12-. The van der Waals surface area contributed by atoms with Crippen LogP contribution in [-0.2, 0) is 0 Å². The zero-order valence-corrected chi connectivity index (χ0v) is 17.4. The summed E-state index contributed by atoms with van der Waals surface area (Å²) >= 11 is 3.42. The summed E-state index contributed by atoms with van der Waals surface area (Å²) in [5, 5.41) is 0. The van der Waals surface area contributed by atoms with E-state index in [0.717, 1.165) is 15.6 Å². The number of Topliss-reactive ketones (excluding diaryl/α,β-unsaturated/α-hetero) is 1. The molecule has 1 aliphatic heterocycles. The minimum atomic E-state index is -0.456. The predicted octanol–water partition coefficient (Wildman–Crippen LogP) is 5.90. The summed E-state index contributed by atoms with van der Waals surface area (Å²) in [5.74, 6) is 0.326. The van der Waals surface area contributed by atoms with Crippen molar-refractivity contribution in [1.82, 2.24) is 0 Å². The first-order valence-electron chi connectivity index (χ1n) is 9.04. The Labute approximate surface area is 176 Å². The molecule has 0 aromatic heterocycles. The molecule has 4 nitrogen and oxygen atoms in total. The van der Waals surface area contributed by atoms with Crippen LogP contribution in [0.25, 0.3) is 6.08 Å². The molecule has 144 valence electrons. The van der Waals surface area contributed by atoms with Crippen molar-refractivity contribution in [3.05, 3.63) is 98.7 Å². The molecule has 0 amide bonds. The number of fused-ring (bicyclic) bond motifs is 1. The van der Waals surface area contributed by atoms with Gasteiger partial charge in [-0.2, -0.15) is 0 Å². The molecule has 1 aliphatic rings. The van der Waals surface area contributed by atoms with E-state index in [1.165, 1.54) is 0 Å². The number of carbonyl (C=O) groups is 2. The lowest BCUT2D eigenvalue weighted by Gasteiger charge is -2.08. The first-order valence-corrected chi connectivity index (χ1v) is 9.83. The minimum Gasteiger partial charge on any atom is -0.452 e. The number of aryl methyl sites for hydroxylation is 2. The van der Waals surface area contributed by atoms with Crippen molar-refractivity contribution < 1.29 is 19.1 Å². The Kier molecular flexibility index (Phi) is 5.07. The summed E-state index contributed by atoms with van der Waals surface area (Å²) in [6.07, 6.45) is 1.70. The van der Waals surface area contributed by atoms with Gasteiger partial charge in [0.15, 0.2) is 5.76 Å². The van der Waals surface area contributed by atoms with Crippen LogP contribution in [0, 0.1) is 13.8 Å². The Morgan fingerprint density at radius 3 is 2.59 bits per heavy atom. The Balaban J connectivity index is 1.61. The van der Waals surface area contributed by atoms with Crippen molar-refractivity contribution >= 4 is 33.8 Å². The molecule has 1 heterocycles. The van der Waals surface area contributed by atoms with Crippen LogP contribution >= 0.6 is 15.9 Å². The number of ketones is 1. The molecular weight excluding hydrogens is 432 g/mol. The zero-order chi connectivity index (χ0) is 20.5. The van der Waals surface area contributed by atoms with Crippen LogP contribution in [0.15, 0.2) is 70.9 Å². The lowest BCUT2D eigenvalue weighted by Crippen LogP contribution is -2.09. The summed E-state index contributed by atoms with van der Waals surface area (Å²) in [6.45, 7) is 3.71. The van der Waals surface area contributed by atoms with Gasteiger partial charge in [0.1, 0.15) is 11.5 Å². The topological polar surface area (TPSA) is 52.6 Å². The molecule has 4 rings (SSSR count). The smallest absolute Gasteiger partial charge is 0.343 e. The summed E-state index contributed by atoms with van der Waals surface area (Å²) in [4.78, 5) is 25.2. The third-order valence-electron chi connectivity index (χ3n) is 4.55. The largest absolute Gasteiger partial charge is 0.452 e. The van der Waals surface area contributed by atoms with E-state index in [4.69, 9.17) is 9.47 Å². The Hall–Kier alpha value is -3.18. The molecule has 0 N–H and O–H groups in total. The number of hydrogen-bond donors (Lipinski definition) is 0. The van der Waals surface area contributed by atoms with Gasteiger partial charge in [-0.25, -0.2) is 4.79 Å². The van der Waals surface area contributed by atoms with Gasteiger partial charge in [-0.1, -0.05) is 45.8 Å². The maximum Gasteiger partial charge on any atom is 0.343 e. The van der Waals surface area contributed by atoms with Gasteiger partial charge in [-0.05, 0) is 61.4 Å². The highest BCUT2D eigenvalue weighted by Crippen LogP contribution is 2.37. The molecule has 3 aromatic carbocycles. The summed E-state index contributed by atoms with van der Waals surface area (Å²) < 4.78 is 12.2. The second-order valence-corrected chi connectivity index (χ2v) is 7.78. The number of esters is 1. The Morgan fingerprint density at radius 2 is 1.83 bits per heavy atom. The fourth-order valence-corrected chi connectivity index (χ4v) is 3.64. The third kappa shape index (κ3) is 4.00. The molecule has 0 radical (unpaired) electrons. The van der Waals surface area contributed by atoms with Crippen LogP contribution in [0.5, 0.6) is 11.5 Å². The number of hydrogen-bond acceptors (Lipinski definition) is 4.